The summed E-state index contributed by atoms with van der Waals surface area (Å²) in [4.78, 5) is 2.24. The van der Waals surface area contributed by atoms with Crippen LogP contribution >= 0.6 is 0 Å². The summed E-state index contributed by atoms with van der Waals surface area (Å²) in [5, 5.41) is 25.7. The van der Waals surface area contributed by atoms with Crippen molar-refractivity contribution < 1.29 is 79.0 Å². The molecule has 0 aromatic carbocycles. The van der Waals surface area contributed by atoms with E-state index in [4.69, 9.17) is 0 Å². The third-order valence-electron chi connectivity index (χ3n) is 3.47. The molecule has 0 spiro atoms. The molecular weight excluding hydrogens is 690 g/mol. The van der Waals surface area contributed by atoms with Crippen LogP contribution in [0.2, 0.25) is 0 Å². The highest BCUT2D eigenvalue weighted by atomic mass is 19.4. The maximum Gasteiger partial charge on any atom is 0.453 e. The van der Waals surface area contributed by atoms with Crippen LogP contribution in [-0.4, -0.2) is 56.2 Å². The van der Waals surface area contributed by atoms with Crippen molar-refractivity contribution in [3.63, 3.8) is 0 Å². The second-order valence-corrected chi connectivity index (χ2v) is 6.66. The number of nitrogens with zero attached hydrogens (tertiary/aromatic N) is 9. The highest BCUT2D eigenvalue weighted by molar-refractivity contribution is 5.15. The first kappa shape index (κ1) is 40.3. The quantitative estimate of drug-likeness (QED) is 0.198. The molecule has 0 bridgehead atoms. The molecule has 0 aliphatic rings. The van der Waals surface area contributed by atoms with Gasteiger partial charge in [0.2, 0.25) is 5.82 Å². The predicted molar refractivity (Wildman–Crippen MR) is 101 cm³/mol. The summed E-state index contributed by atoms with van der Waals surface area (Å²) in [6, 6.07) is 0. The SMILES string of the molecule is C.FC(F)(F)c1n[n-]nc1C(F)(F)F.FC(F)(F)c1n[nH]c(C(F)(F)F)n1.FC(F)(F)c1n[nH]nc1C(F)(F)F.c1cn[nH]n1. The van der Waals surface area contributed by atoms with E-state index in [0.29, 0.717) is 0 Å². The molecule has 4 aromatic rings. The number of aromatic nitrogens is 12. The van der Waals surface area contributed by atoms with E-state index in [2.05, 4.69) is 51.1 Å². The van der Waals surface area contributed by atoms with Crippen molar-refractivity contribution in [2.45, 2.75) is 44.5 Å². The number of halogens is 18. The van der Waals surface area contributed by atoms with Gasteiger partial charge in [-0.15, -0.1) is 5.10 Å². The fraction of sp³-hybridized carbons (Fsp3) is 0.467. The highest BCUT2D eigenvalue weighted by Gasteiger charge is 2.48. The zero-order valence-electron chi connectivity index (χ0n) is 19.5. The summed E-state index contributed by atoms with van der Waals surface area (Å²) in [6.45, 7) is 0. The second kappa shape index (κ2) is 14.4. The van der Waals surface area contributed by atoms with E-state index in [-0.39, 0.29) is 7.43 Å². The van der Waals surface area contributed by atoms with E-state index in [9.17, 15) is 79.0 Å². The molecule has 0 atom stereocenters. The van der Waals surface area contributed by atoms with Gasteiger partial charge in [-0.2, -0.15) is 115 Å². The molecule has 4 rings (SSSR count). The Morgan fingerprint density at radius 2 is 0.844 bits per heavy atom. The molecule has 30 heteroatoms. The topological polar surface area (TPSA) is 165 Å². The Morgan fingerprint density at radius 3 is 1.07 bits per heavy atom. The van der Waals surface area contributed by atoms with Gasteiger partial charge in [0.05, 0.1) is 12.4 Å². The van der Waals surface area contributed by atoms with Crippen LogP contribution in [0.3, 0.4) is 0 Å². The Kier molecular flexibility index (Phi) is 12.9. The maximum absolute atomic E-state index is 11.8. The van der Waals surface area contributed by atoms with E-state index in [0.717, 1.165) is 5.10 Å². The lowest BCUT2D eigenvalue weighted by atomic mass is 10.3. The molecule has 12 nitrogen and oxygen atoms in total. The number of alkyl halides is 18. The summed E-state index contributed by atoms with van der Waals surface area (Å²) in [7, 11) is 0. The number of H-pyrrole nitrogens is 3. The van der Waals surface area contributed by atoms with Gasteiger partial charge in [-0.3, -0.25) is 5.10 Å². The molecule has 0 radical (unpaired) electrons. The van der Waals surface area contributed by atoms with Gasteiger partial charge in [0.25, 0.3) is 5.82 Å². The molecule has 256 valence electrons. The average molecular weight is 699 g/mol. The highest BCUT2D eigenvalue weighted by Crippen LogP contribution is 2.38. The molecule has 0 saturated heterocycles. The Hall–Kier alpha value is -4.70. The van der Waals surface area contributed by atoms with Crippen LogP contribution in [0.4, 0.5) is 79.0 Å². The van der Waals surface area contributed by atoms with Crippen molar-refractivity contribution in [2.75, 3.05) is 0 Å². The molecule has 0 amide bonds. The number of hydrogen-bond donors (Lipinski definition) is 3. The van der Waals surface area contributed by atoms with Crippen molar-refractivity contribution in [1.82, 2.24) is 61.4 Å². The summed E-state index contributed by atoms with van der Waals surface area (Å²) < 4.78 is 211. The number of hydrogen-bond acceptors (Lipinski definition) is 8. The zero-order chi connectivity index (χ0) is 34.4. The van der Waals surface area contributed by atoms with E-state index < -0.39 is 71.5 Å². The van der Waals surface area contributed by atoms with Crippen LogP contribution in [0, 0.1) is 0 Å². The minimum absolute atomic E-state index is 0. The van der Waals surface area contributed by atoms with Gasteiger partial charge >= 0.3 is 37.1 Å². The first-order valence-electron chi connectivity index (χ1n) is 9.58. The van der Waals surface area contributed by atoms with Crippen LogP contribution in [0.15, 0.2) is 12.4 Å². The Bertz CT molecular complexity index is 1220. The number of rotatable bonds is 0. The molecule has 45 heavy (non-hydrogen) atoms. The van der Waals surface area contributed by atoms with Crippen molar-refractivity contribution in [3.05, 3.63) is 46.8 Å². The van der Waals surface area contributed by atoms with Crippen molar-refractivity contribution in [2.24, 2.45) is 0 Å². The van der Waals surface area contributed by atoms with Crippen LogP contribution in [-0.2, 0) is 37.1 Å². The van der Waals surface area contributed by atoms with Crippen LogP contribution in [0.1, 0.15) is 41.9 Å². The molecule has 3 N–H and O–H groups in total. The lowest BCUT2D eigenvalue weighted by Gasteiger charge is -2.09. The first-order chi connectivity index (χ1) is 19.7. The Morgan fingerprint density at radius 1 is 0.467 bits per heavy atom. The van der Waals surface area contributed by atoms with E-state index in [1.54, 1.807) is 12.4 Å². The minimum atomic E-state index is -5.19. The van der Waals surface area contributed by atoms with Crippen LogP contribution < -0.4 is 5.21 Å². The molecular formula is C15H9F18N12-. The molecule has 0 aliphatic carbocycles. The average Bonchev–Trinajstić information content (AvgIpc) is 3.63. The van der Waals surface area contributed by atoms with Gasteiger partial charge in [-0.05, 0) is 0 Å². The van der Waals surface area contributed by atoms with Crippen molar-refractivity contribution >= 4 is 0 Å². The lowest BCUT2D eigenvalue weighted by Crippen LogP contribution is -2.16. The smallest absolute Gasteiger partial charge is 0.453 e. The summed E-state index contributed by atoms with van der Waals surface area (Å²) in [5.41, 5.74) is -8.33. The monoisotopic (exact) mass is 699 g/mol. The van der Waals surface area contributed by atoms with E-state index >= 15 is 0 Å². The lowest BCUT2D eigenvalue weighted by molar-refractivity contribution is -0.165. The molecule has 0 unspecified atom stereocenters. The van der Waals surface area contributed by atoms with Gasteiger partial charge in [-0.1, -0.05) is 7.43 Å². The van der Waals surface area contributed by atoms with Gasteiger partial charge in [0, 0.05) is 0 Å². The normalized spacial score (nSPS) is 12.5. The van der Waals surface area contributed by atoms with Crippen LogP contribution in [0.5, 0.6) is 0 Å². The zero-order valence-corrected chi connectivity index (χ0v) is 19.5. The summed E-state index contributed by atoms with van der Waals surface area (Å²) in [6.07, 6.45) is -27.4. The van der Waals surface area contributed by atoms with Gasteiger partial charge < -0.3 is 15.4 Å². The molecule has 0 saturated carbocycles. The van der Waals surface area contributed by atoms with E-state index in [1.807, 2.05) is 0 Å². The molecule has 4 heterocycles. The first-order valence-corrected chi connectivity index (χ1v) is 9.58. The predicted octanol–water partition coefficient (Wildman–Crippen LogP) is 5.60. The fourth-order valence-corrected chi connectivity index (χ4v) is 1.90. The summed E-state index contributed by atoms with van der Waals surface area (Å²) in [5.74, 6) is -3.60. The number of aromatic amines is 3. The Labute approximate surface area is 233 Å². The van der Waals surface area contributed by atoms with Gasteiger partial charge in [-0.25, -0.2) is 0 Å². The second-order valence-electron chi connectivity index (χ2n) is 6.66. The standard InChI is InChI=1S/2C4HF6N3.C4F6N3.C2H3N3.CH4/c5-3(6,7)1-11-2(13-12-1)4(8,9)10;2*5-3(6,7)1-2(4(8,9)10)12-13-11-1;1-2-4-5-3-1;/h2*(H,11,12,13);;1-2H,(H,3,4,5);1H4/q;;-1;;. The fourth-order valence-electron chi connectivity index (χ4n) is 1.90. The maximum atomic E-state index is 11.8. The number of nitrogens with one attached hydrogen (secondary N) is 3. The van der Waals surface area contributed by atoms with E-state index in [1.165, 1.54) is 5.21 Å². The molecule has 0 fully saturated rings. The molecule has 4 aromatic heterocycles. The van der Waals surface area contributed by atoms with Gasteiger partial charge in [0.15, 0.2) is 22.8 Å². The van der Waals surface area contributed by atoms with Crippen molar-refractivity contribution in [3.8, 4) is 0 Å². The molecule has 0 aliphatic heterocycles. The minimum Gasteiger partial charge on any atom is -0.492 e. The Balaban J connectivity index is 0.000000591. The van der Waals surface area contributed by atoms with Gasteiger partial charge in [0.1, 0.15) is 0 Å². The van der Waals surface area contributed by atoms with Crippen LogP contribution in [0.25, 0.3) is 0 Å². The largest absolute Gasteiger partial charge is 0.492 e. The summed E-state index contributed by atoms with van der Waals surface area (Å²) >= 11 is 0. The van der Waals surface area contributed by atoms with Crippen molar-refractivity contribution in [1.29, 1.82) is 0 Å². The third-order valence-corrected chi connectivity index (χ3v) is 3.47. The third kappa shape index (κ3) is 12.8.